The van der Waals surface area contributed by atoms with Crippen LogP contribution in [0, 0.1) is 0 Å². The number of rotatable bonds is 6. The fourth-order valence-electron chi connectivity index (χ4n) is 4.06. The number of pyridine rings is 1. The summed E-state index contributed by atoms with van der Waals surface area (Å²) in [5, 5.41) is 1.22. The minimum absolute atomic E-state index is 0.0438. The second kappa shape index (κ2) is 8.49. The minimum atomic E-state index is -3.24. The number of imidazole rings is 1. The van der Waals surface area contributed by atoms with Crippen LogP contribution in [0.4, 0.5) is 0 Å². The number of carbonyl (C=O) groups excluding carboxylic acids is 1. The van der Waals surface area contributed by atoms with Crippen molar-refractivity contribution < 1.29 is 13.2 Å². The van der Waals surface area contributed by atoms with E-state index in [1.165, 1.54) is 11.8 Å². The van der Waals surface area contributed by atoms with Gasteiger partial charge in [-0.2, -0.15) is 0 Å². The predicted molar refractivity (Wildman–Crippen MR) is 110 cm³/mol. The van der Waals surface area contributed by atoms with Crippen LogP contribution in [0.3, 0.4) is 0 Å². The summed E-state index contributed by atoms with van der Waals surface area (Å²) in [6.07, 6.45) is 12.3. The molecule has 2 aromatic rings. The van der Waals surface area contributed by atoms with Crippen LogP contribution >= 0.6 is 0 Å². The predicted octanol–water partition coefficient (Wildman–Crippen LogP) is 2.28. The van der Waals surface area contributed by atoms with Crippen molar-refractivity contribution in [2.45, 2.75) is 57.7 Å². The van der Waals surface area contributed by atoms with Crippen molar-refractivity contribution in [3.8, 4) is 0 Å². The van der Waals surface area contributed by atoms with E-state index in [0.717, 1.165) is 42.9 Å². The highest BCUT2D eigenvalue weighted by Crippen LogP contribution is 2.21. The quantitative estimate of drug-likeness (QED) is 0.724. The Morgan fingerprint density at radius 2 is 2.03 bits per heavy atom. The highest BCUT2D eigenvalue weighted by atomic mass is 32.2. The topological polar surface area (TPSA) is 85.2 Å². The van der Waals surface area contributed by atoms with Gasteiger partial charge in [0.1, 0.15) is 5.82 Å². The third kappa shape index (κ3) is 4.75. The lowest BCUT2D eigenvalue weighted by Crippen LogP contribution is -2.40. The minimum Gasteiger partial charge on any atom is -0.332 e. The Hall–Kier alpha value is -2.48. The van der Waals surface area contributed by atoms with E-state index in [4.69, 9.17) is 0 Å². The van der Waals surface area contributed by atoms with Gasteiger partial charge in [0.05, 0.1) is 11.8 Å². The number of fused-ring (bicyclic) bond motifs is 1. The largest absolute Gasteiger partial charge is 0.332 e. The van der Waals surface area contributed by atoms with Crippen LogP contribution in [0.5, 0.6) is 0 Å². The van der Waals surface area contributed by atoms with Crippen molar-refractivity contribution >= 4 is 15.7 Å². The Kier molecular flexibility index (Phi) is 5.80. The second-order valence-corrected chi connectivity index (χ2v) is 9.66. The molecule has 0 aromatic carbocycles. The summed E-state index contributed by atoms with van der Waals surface area (Å²) in [6.45, 7) is 1.33. The Balaban J connectivity index is 1.48. The molecule has 0 spiro atoms. The summed E-state index contributed by atoms with van der Waals surface area (Å²) in [5.41, 5.74) is 2.03. The van der Waals surface area contributed by atoms with Gasteiger partial charge in [-0.15, -0.1) is 0 Å². The molecule has 0 saturated carbocycles. The van der Waals surface area contributed by atoms with Crippen LogP contribution in [-0.4, -0.2) is 45.6 Å². The molecular formula is C21H26N4O3S. The normalized spacial score (nSPS) is 20.2. The fourth-order valence-corrected chi connectivity index (χ4v) is 5.36. The number of hydrogen-bond donors (Lipinski definition) is 0. The third-order valence-corrected chi connectivity index (χ3v) is 7.01. The summed E-state index contributed by atoms with van der Waals surface area (Å²) < 4.78 is 26.1. The van der Waals surface area contributed by atoms with E-state index < -0.39 is 15.9 Å². The van der Waals surface area contributed by atoms with Gasteiger partial charge in [-0.25, -0.2) is 13.4 Å². The molecule has 0 fully saturated rings. The van der Waals surface area contributed by atoms with Crippen LogP contribution in [0.2, 0.25) is 0 Å². The molecule has 4 heterocycles. The smallest absolute Gasteiger partial charge is 0.223 e. The average molecular weight is 415 g/mol. The number of hydrogen-bond acceptors (Lipinski definition) is 5. The molecule has 0 radical (unpaired) electrons. The highest BCUT2D eigenvalue weighted by molar-refractivity contribution is 7.94. The van der Waals surface area contributed by atoms with E-state index in [9.17, 15) is 13.2 Å². The number of aromatic nitrogens is 3. The van der Waals surface area contributed by atoms with Crippen LogP contribution in [0.25, 0.3) is 0 Å². The van der Waals surface area contributed by atoms with Crippen LogP contribution in [0.15, 0.2) is 42.2 Å². The van der Waals surface area contributed by atoms with Crippen molar-refractivity contribution in [1.82, 2.24) is 19.4 Å². The standard InChI is InChI=1S/C21H26N4O3S/c26-21(6-5-18-14-23-20-4-2-1-3-12-24(18)20)25(15-17-7-10-22-11-8-17)19-9-13-29(27,28)16-19/h7-11,13-14,19H,1-6,12,15-16H2. The van der Waals surface area contributed by atoms with Crippen molar-refractivity contribution in [2.24, 2.45) is 0 Å². The fraction of sp³-hybridized carbons (Fsp3) is 0.476. The Morgan fingerprint density at radius 1 is 1.21 bits per heavy atom. The molecule has 0 bridgehead atoms. The summed E-state index contributed by atoms with van der Waals surface area (Å²) in [7, 11) is -3.24. The molecule has 0 aliphatic carbocycles. The SMILES string of the molecule is O=C(CCc1cnc2n1CCCCC2)N(Cc1ccncc1)C1C=CS(=O)(=O)C1. The van der Waals surface area contributed by atoms with Crippen molar-refractivity contribution in [3.05, 3.63) is 59.3 Å². The van der Waals surface area contributed by atoms with Gasteiger partial charge in [0.25, 0.3) is 0 Å². The van der Waals surface area contributed by atoms with Gasteiger partial charge in [0.15, 0.2) is 9.84 Å². The summed E-state index contributed by atoms with van der Waals surface area (Å²) in [5.74, 6) is 1.02. The highest BCUT2D eigenvalue weighted by Gasteiger charge is 2.30. The molecule has 0 saturated heterocycles. The molecule has 7 nitrogen and oxygen atoms in total. The Morgan fingerprint density at radius 3 is 2.79 bits per heavy atom. The molecule has 154 valence electrons. The monoisotopic (exact) mass is 414 g/mol. The lowest BCUT2D eigenvalue weighted by Gasteiger charge is -2.28. The lowest BCUT2D eigenvalue weighted by molar-refractivity contribution is -0.132. The van der Waals surface area contributed by atoms with E-state index in [1.54, 1.807) is 23.4 Å². The lowest BCUT2D eigenvalue weighted by atomic mass is 10.1. The molecular weight excluding hydrogens is 388 g/mol. The molecule has 2 aliphatic heterocycles. The van der Waals surface area contributed by atoms with Crippen molar-refractivity contribution in [1.29, 1.82) is 0 Å². The van der Waals surface area contributed by atoms with Crippen molar-refractivity contribution in [2.75, 3.05) is 5.75 Å². The molecule has 1 unspecified atom stereocenters. The van der Waals surface area contributed by atoms with Gasteiger partial charge in [0.2, 0.25) is 5.91 Å². The second-order valence-electron chi connectivity index (χ2n) is 7.73. The maximum absolute atomic E-state index is 13.1. The Bertz CT molecular complexity index is 998. The summed E-state index contributed by atoms with van der Waals surface area (Å²) in [6, 6.07) is 3.28. The molecule has 8 heteroatoms. The molecule has 2 aromatic heterocycles. The Labute approximate surface area is 171 Å². The number of carbonyl (C=O) groups is 1. The zero-order valence-corrected chi connectivity index (χ0v) is 17.2. The number of nitrogens with zero attached hydrogens (tertiary/aromatic N) is 4. The van der Waals surface area contributed by atoms with E-state index in [-0.39, 0.29) is 11.7 Å². The number of amides is 1. The number of aryl methyl sites for hydroxylation is 2. The zero-order chi connectivity index (χ0) is 20.3. The first-order valence-electron chi connectivity index (χ1n) is 10.1. The van der Waals surface area contributed by atoms with Gasteiger partial charge in [-0.05, 0) is 43.0 Å². The summed E-state index contributed by atoms with van der Waals surface area (Å²) >= 11 is 0. The van der Waals surface area contributed by atoms with Crippen LogP contribution in [-0.2, 0) is 40.6 Å². The van der Waals surface area contributed by atoms with Crippen molar-refractivity contribution in [3.63, 3.8) is 0 Å². The molecule has 1 atom stereocenters. The maximum Gasteiger partial charge on any atom is 0.223 e. The van der Waals surface area contributed by atoms with Gasteiger partial charge < -0.3 is 9.47 Å². The molecule has 0 N–H and O–H groups in total. The van der Waals surface area contributed by atoms with Gasteiger partial charge in [0, 0.05) is 55.6 Å². The maximum atomic E-state index is 13.1. The summed E-state index contributed by atoms with van der Waals surface area (Å²) in [4.78, 5) is 23.4. The molecule has 4 rings (SSSR count). The van der Waals surface area contributed by atoms with E-state index in [2.05, 4.69) is 14.5 Å². The first-order valence-corrected chi connectivity index (χ1v) is 11.9. The van der Waals surface area contributed by atoms with E-state index >= 15 is 0 Å². The average Bonchev–Trinajstić information content (AvgIpc) is 3.18. The van der Waals surface area contributed by atoms with Gasteiger partial charge in [-0.1, -0.05) is 6.42 Å². The van der Waals surface area contributed by atoms with Crippen LogP contribution in [0.1, 0.15) is 42.8 Å². The van der Waals surface area contributed by atoms with Gasteiger partial charge in [-0.3, -0.25) is 9.78 Å². The van der Waals surface area contributed by atoms with E-state index in [1.807, 2.05) is 18.3 Å². The van der Waals surface area contributed by atoms with Gasteiger partial charge >= 0.3 is 0 Å². The first kappa shape index (κ1) is 19.8. The zero-order valence-electron chi connectivity index (χ0n) is 16.4. The molecule has 29 heavy (non-hydrogen) atoms. The number of sulfone groups is 1. The first-order chi connectivity index (χ1) is 14.0. The van der Waals surface area contributed by atoms with Crippen LogP contribution < -0.4 is 0 Å². The molecule has 1 amide bonds. The third-order valence-electron chi connectivity index (χ3n) is 5.63. The molecule has 2 aliphatic rings. The van der Waals surface area contributed by atoms with E-state index in [0.29, 0.717) is 19.4 Å².